The van der Waals surface area contributed by atoms with Crippen LogP contribution in [0.3, 0.4) is 0 Å². The lowest BCUT2D eigenvalue weighted by Gasteiger charge is -2.57. The van der Waals surface area contributed by atoms with E-state index in [1.807, 2.05) is 0 Å². The first-order valence-corrected chi connectivity index (χ1v) is 12.4. The molecule has 4 atom stereocenters. The summed E-state index contributed by atoms with van der Waals surface area (Å²) in [5.41, 5.74) is -2.03. The Hall–Kier alpha value is -3.07. The van der Waals surface area contributed by atoms with E-state index in [1.165, 1.54) is 18.1 Å². The van der Waals surface area contributed by atoms with E-state index in [4.69, 9.17) is 9.47 Å². The van der Waals surface area contributed by atoms with Crippen molar-refractivity contribution in [2.45, 2.75) is 45.4 Å². The Labute approximate surface area is 214 Å². The third-order valence-corrected chi connectivity index (χ3v) is 7.95. The van der Waals surface area contributed by atoms with E-state index in [-0.39, 0.29) is 34.8 Å². The minimum Gasteiger partial charge on any atom is -0.376 e. The molecule has 0 bridgehead atoms. The first-order valence-electron chi connectivity index (χ1n) is 11.6. The largest absolute Gasteiger partial charge is 0.376 e. The summed E-state index contributed by atoms with van der Waals surface area (Å²) >= 11 is 1.07. The number of carbonyl (C=O) groups is 3. The molecule has 0 aliphatic carbocycles. The van der Waals surface area contributed by atoms with Crippen LogP contribution in [-0.4, -0.2) is 88.3 Å². The van der Waals surface area contributed by atoms with Gasteiger partial charge in [-0.25, -0.2) is 23.4 Å². The molecule has 1 aromatic carbocycles. The Kier molecular flexibility index (Phi) is 6.25. The summed E-state index contributed by atoms with van der Waals surface area (Å²) in [6.45, 7) is 3.65. The van der Waals surface area contributed by atoms with Gasteiger partial charge in [0.25, 0.3) is 11.8 Å². The first-order chi connectivity index (χ1) is 17.6. The lowest BCUT2D eigenvalue weighted by atomic mass is 9.65. The van der Waals surface area contributed by atoms with Crippen LogP contribution in [0.15, 0.2) is 6.07 Å². The van der Waals surface area contributed by atoms with Crippen LogP contribution in [0.5, 0.6) is 0 Å². The van der Waals surface area contributed by atoms with Crippen LogP contribution in [0.25, 0.3) is 10.6 Å². The van der Waals surface area contributed by atoms with Gasteiger partial charge in [-0.15, -0.1) is 10.2 Å². The van der Waals surface area contributed by atoms with Crippen LogP contribution in [0.4, 0.5) is 19.3 Å². The molecular formula is C23H25F2N5O6S. The number of hydrogen-bond donors (Lipinski definition) is 1. The number of barbiturate groups is 1. The molecule has 0 radical (unpaired) electrons. The molecule has 3 aliphatic heterocycles. The number of urea groups is 1. The monoisotopic (exact) mass is 537 g/mol. The summed E-state index contributed by atoms with van der Waals surface area (Å²) in [7, 11) is 1.28. The fraction of sp³-hybridized carbons (Fsp3) is 0.522. The molecule has 37 heavy (non-hydrogen) atoms. The Morgan fingerprint density at radius 1 is 1.19 bits per heavy atom. The van der Waals surface area contributed by atoms with Crippen LogP contribution in [-0.2, 0) is 25.5 Å². The smallest absolute Gasteiger partial charge is 0.337 e. The quantitative estimate of drug-likeness (QED) is 0.580. The lowest BCUT2D eigenvalue weighted by Crippen LogP contribution is -2.76. The highest BCUT2D eigenvalue weighted by Gasteiger charge is 2.67. The van der Waals surface area contributed by atoms with Crippen molar-refractivity contribution in [2.75, 3.05) is 32.0 Å². The number of imide groups is 2. The van der Waals surface area contributed by atoms with E-state index in [0.29, 0.717) is 9.91 Å². The molecule has 3 aliphatic rings. The number of aliphatic hydroxyl groups excluding tert-OH is 1. The van der Waals surface area contributed by atoms with E-state index >= 15 is 8.78 Å². The zero-order chi connectivity index (χ0) is 26.8. The number of morpholine rings is 1. The number of hydrogen-bond acceptors (Lipinski definition) is 10. The summed E-state index contributed by atoms with van der Waals surface area (Å²) < 4.78 is 42.2. The summed E-state index contributed by atoms with van der Waals surface area (Å²) in [5.74, 6) is -4.06. The molecule has 0 saturated carbocycles. The van der Waals surface area contributed by atoms with Gasteiger partial charge in [-0.1, -0.05) is 11.3 Å². The fourth-order valence-electron chi connectivity index (χ4n) is 5.77. The molecule has 1 N–H and O–H groups in total. The molecule has 5 rings (SSSR count). The van der Waals surface area contributed by atoms with Crippen LogP contribution >= 0.6 is 11.3 Å². The minimum absolute atomic E-state index is 0.0509. The molecule has 11 nitrogen and oxygen atoms in total. The predicted octanol–water partition coefficient (Wildman–Crippen LogP) is 1.66. The Bertz CT molecular complexity index is 1310. The topological polar surface area (TPSA) is 125 Å². The molecule has 198 valence electrons. The highest BCUT2D eigenvalue weighted by atomic mass is 32.1. The van der Waals surface area contributed by atoms with Crippen molar-refractivity contribution in [3.8, 4) is 10.6 Å². The molecule has 1 spiro atoms. The molecule has 2 fully saturated rings. The number of amides is 4. The number of rotatable bonds is 4. The Morgan fingerprint density at radius 3 is 2.51 bits per heavy atom. The van der Waals surface area contributed by atoms with Crippen LogP contribution in [0.2, 0.25) is 0 Å². The number of anilines is 1. The lowest BCUT2D eigenvalue weighted by molar-refractivity contribution is -0.172. The number of benzene rings is 1. The van der Waals surface area contributed by atoms with E-state index < -0.39 is 66.6 Å². The highest BCUT2D eigenvalue weighted by Crippen LogP contribution is 2.51. The number of methoxy groups -OCH3 is 1. The number of fused-ring (bicyclic) bond motifs is 4. The van der Waals surface area contributed by atoms with E-state index in [0.717, 1.165) is 16.2 Å². The molecule has 2 aromatic rings. The van der Waals surface area contributed by atoms with Gasteiger partial charge in [0.05, 0.1) is 29.5 Å². The van der Waals surface area contributed by atoms with Gasteiger partial charge in [-0.3, -0.25) is 9.59 Å². The van der Waals surface area contributed by atoms with Crippen molar-refractivity contribution in [2.24, 2.45) is 5.41 Å². The summed E-state index contributed by atoms with van der Waals surface area (Å²) in [4.78, 5) is 43.5. The zero-order valence-corrected chi connectivity index (χ0v) is 21.3. The second kappa shape index (κ2) is 9.04. The van der Waals surface area contributed by atoms with Crippen molar-refractivity contribution in [3.05, 3.63) is 28.3 Å². The summed E-state index contributed by atoms with van der Waals surface area (Å²) in [6.07, 6.45) is -1.60. The maximum absolute atomic E-state index is 15.8. The van der Waals surface area contributed by atoms with Crippen molar-refractivity contribution in [3.63, 3.8) is 0 Å². The number of aliphatic hydroxyl groups is 1. The van der Waals surface area contributed by atoms with Crippen LogP contribution < -0.4 is 4.90 Å². The van der Waals surface area contributed by atoms with Gasteiger partial charge in [0.2, 0.25) is 0 Å². The van der Waals surface area contributed by atoms with Crippen LogP contribution in [0.1, 0.15) is 24.4 Å². The van der Waals surface area contributed by atoms with Crippen molar-refractivity contribution < 1.29 is 37.7 Å². The zero-order valence-electron chi connectivity index (χ0n) is 20.5. The van der Waals surface area contributed by atoms with Gasteiger partial charge in [0.15, 0.2) is 22.1 Å². The molecule has 4 heterocycles. The maximum atomic E-state index is 15.8. The average molecular weight is 538 g/mol. The van der Waals surface area contributed by atoms with Gasteiger partial charge in [0.1, 0.15) is 18.5 Å². The van der Waals surface area contributed by atoms with Crippen molar-refractivity contribution >= 4 is 34.9 Å². The normalized spacial score (nSPS) is 27.7. The Morgan fingerprint density at radius 2 is 1.89 bits per heavy atom. The van der Waals surface area contributed by atoms with Gasteiger partial charge in [-0.05, 0) is 32.4 Å². The second-order valence-corrected chi connectivity index (χ2v) is 10.6. The number of ether oxygens (including phenoxy) is 2. The van der Waals surface area contributed by atoms with Gasteiger partial charge in [0, 0.05) is 20.1 Å². The number of nitrogens with zero attached hydrogens (tertiary/aromatic N) is 5. The summed E-state index contributed by atoms with van der Waals surface area (Å²) in [5, 5.41) is 18.4. The number of halogens is 2. The molecule has 1 aromatic heterocycles. The van der Waals surface area contributed by atoms with E-state index in [2.05, 4.69) is 10.2 Å². The molecule has 14 heteroatoms. The second-order valence-electron chi connectivity index (χ2n) is 9.39. The first kappa shape index (κ1) is 25.6. The van der Waals surface area contributed by atoms with Gasteiger partial charge >= 0.3 is 6.03 Å². The van der Waals surface area contributed by atoms with E-state index in [1.54, 1.807) is 20.8 Å². The van der Waals surface area contributed by atoms with Crippen LogP contribution in [0, 0.1) is 24.0 Å². The number of carbonyl (C=O) groups excluding carboxylic acids is 3. The SMILES string of the molecule is COCN1C(=O)N(CO)C(=O)C2(Cc3cc(-c4nnc(C)s4)c(F)c(F)c3N3CC(C)OC(C)[C@H]32)C1=O. The minimum atomic E-state index is -1.99. The maximum Gasteiger partial charge on any atom is 0.337 e. The molecule has 2 saturated heterocycles. The van der Waals surface area contributed by atoms with Gasteiger partial charge < -0.3 is 19.5 Å². The Balaban J connectivity index is 1.77. The molecular weight excluding hydrogens is 512 g/mol. The van der Waals surface area contributed by atoms with Crippen molar-refractivity contribution in [1.82, 2.24) is 20.0 Å². The standard InChI is InChI=1S/C23H25F2N5O6S/c1-10-7-28-17-13(5-14(15(24)16(17)25)19-27-26-12(3)37-19)6-23(18(28)11(2)36-10)20(32)29(8-31)22(34)30(9-35-4)21(23)33/h5,10-11,18,31H,6-9H2,1-4H3/t10?,11?,18-,23?/m0/s1. The predicted molar refractivity (Wildman–Crippen MR) is 125 cm³/mol. The number of aryl methyl sites for hydroxylation is 1. The molecule has 3 unspecified atom stereocenters. The summed E-state index contributed by atoms with van der Waals surface area (Å²) in [6, 6.07) is -0.756. The van der Waals surface area contributed by atoms with E-state index in [9.17, 15) is 19.5 Å². The highest BCUT2D eigenvalue weighted by molar-refractivity contribution is 7.14. The molecule has 4 amide bonds. The van der Waals surface area contributed by atoms with Crippen molar-refractivity contribution in [1.29, 1.82) is 0 Å². The third kappa shape index (κ3) is 3.57. The average Bonchev–Trinajstić information content (AvgIpc) is 3.28. The fourth-order valence-corrected chi connectivity index (χ4v) is 6.47. The third-order valence-electron chi connectivity index (χ3n) is 7.07. The van der Waals surface area contributed by atoms with Gasteiger partial charge in [-0.2, -0.15) is 0 Å². The number of aromatic nitrogens is 2.